The van der Waals surface area contributed by atoms with Crippen molar-refractivity contribution in [3.63, 3.8) is 0 Å². The lowest BCUT2D eigenvalue weighted by Crippen LogP contribution is -2.27. The van der Waals surface area contributed by atoms with E-state index in [1.165, 1.54) is 6.07 Å². The van der Waals surface area contributed by atoms with E-state index in [-0.39, 0.29) is 23.1 Å². The summed E-state index contributed by atoms with van der Waals surface area (Å²) < 4.78 is 5.58. The number of carbonyl (C=O) groups excluding carboxylic acids is 2. The van der Waals surface area contributed by atoms with E-state index in [2.05, 4.69) is 5.32 Å². The van der Waals surface area contributed by atoms with Gasteiger partial charge < -0.3 is 14.6 Å². The Morgan fingerprint density at radius 2 is 1.86 bits per heavy atom. The summed E-state index contributed by atoms with van der Waals surface area (Å²) in [5.41, 5.74) is 1.89. The fourth-order valence-electron chi connectivity index (χ4n) is 3.43. The molecule has 0 bridgehead atoms. The molecular formula is C22H20N2O4. The van der Waals surface area contributed by atoms with E-state index >= 15 is 0 Å². The number of para-hydroxylation sites is 1. The molecule has 1 aliphatic rings. The smallest absolute Gasteiger partial charge is 0.287 e. The van der Waals surface area contributed by atoms with Gasteiger partial charge in [0.2, 0.25) is 5.91 Å². The van der Waals surface area contributed by atoms with Crippen LogP contribution in [0.25, 0.3) is 11.0 Å². The van der Waals surface area contributed by atoms with Crippen molar-refractivity contribution < 1.29 is 14.0 Å². The highest BCUT2D eigenvalue weighted by Gasteiger charge is 2.22. The van der Waals surface area contributed by atoms with Crippen molar-refractivity contribution in [1.29, 1.82) is 0 Å². The molecular weight excluding hydrogens is 356 g/mol. The van der Waals surface area contributed by atoms with Crippen LogP contribution in [0, 0.1) is 0 Å². The lowest BCUT2D eigenvalue weighted by molar-refractivity contribution is -0.117. The second-order valence-corrected chi connectivity index (χ2v) is 6.91. The summed E-state index contributed by atoms with van der Waals surface area (Å²) in [7, 11) is 0. The van der Waals surface area contributed by atoms with Gasteiger partial charge >= 0.3 is 0 Å². The summed E-state index contributed by atoms with van der Waals surface area (Å²) in [5, 5.41) is 3.29. The molecule has 6 heteroatoms. The zero-order valence-electron chi connectivity index (χ0n) is 15.5. The van der Waals surface area contributed by atoms with Crippen molar-refractivity contribution in [3.8, 4) is 0 Å². The van der Waals surface area contributed by atoms with E-state index in [1.54, 1.807) is 29.2 Å². The number of hydrogen-bond donors (Lipinski definition) is 1. The monoisotopic (exact) mass is 376 g/mol. The summed E-state index contributed by atoms with van der Waals surface area (Å²) in [6.07, 6.45) is 1.47. The number of anilines is 1. The minimum Gasteiger partial charge on any atom is -0.451 e. The maximum atomic E-state index is 12.5. The summed E-state index contributed by atoms with van der Waals surface area (Å²) in [5.74, 6) is -0.329. The molecule has 1 fully saturated rings. The second kappa shape index (κ2) is 7.31. The molecule has 0 spiro atoms. The highest BCUT2D eigenvalue weighted by molar-refractivity contribution is 5.95. The molecule has 0 unspecified atom stereocenters. The van der Waals surface area contributed by atoms with E-state index in [0.717, 1.165) is 24.2 Å². The van der Waals surface area contributed by atoms with Crippen LogP contribution in [0.2, 0.25) is 0 Å². The largest absolute Gasteiger partial charge is 0.451 e. The molecule has 1 saturated heterocycles. The first-order chi connectivity index (χ1) is 13.5. The lowest BCUT2D eigenvalue weighted by atomic mass is 10.1. The maximum Gasteiger partial charge on any atom is 0.287 e. The van der Waals surface area contributed by atoms with Gasteiger partial charge in [-0.2, -0.15) is 0 Å². The summed E-state index contributed by atoms with van der Waals surface area (Å²) in [4.78, 5) is 38.3. The molecule has 0 saturated carbocycles. The topological polar surface area (TPSA) is 79.6 Å². The molecule has 3 aromatic rings. The average molecular weight is 376 g/mol. The number of hydrogen-bond acceptors (Lipinski definition) is 4. The van der Waals surface area contributed by atoms with E-state index < -0.39 is 5.91 Å². The molecule has 2 heterocycles. The van der Waals surface area contributed by atoms with Gasteiger partial charge in [0.25, 0.3) is 5.91 Å². The fourth-order valence-corrected chi connectivity index (χ4v) is 3.43. The summed E-state index contributed by atoms with van der Waals surface area (Å²) in [6, 6.07) is 15.3. The van der Waals surface area contributed by atoms with Crippen LogP contribution >= 0.6 is 0 Å². The predicted molar refractivity (Wildman–Crippen MR) is 106 cm³/mol. The van der Waals surface area contributed by atoms with E-state index in [0.29, 0.717) is 17.4 Å². The molecule has 0 radical (unpaired) electrons. The van der Waals surface area contributed by atoms with Crippen LogP contribution in [0.5, 0.6) is 0 Å². The molecule has 1 atom stereocenters. The van der Waals surface area contributed by atoms with Crippen LogP contribution in [0.4, 0.5) is 5.69 Å². The zero-order chi connectivity index (χ0) is 19.7. The molecule has 6 nitrogen and oxygen atoms in total. The fraction of sp³-hybridized carbons (Fsp3) is 0.227. The highest BCUT2D eigenvalue weighted by atomic mass is 16.3. The Bertz CT molecular complexity index is 1100. The first kappa shape index (κ1) is 18.0. The van der Waals surface area contributed by atoms with Gasteiger partial charge in [-0.1, -0.05) is 24.3 Å². The molecule has 1 aromatic heterocycles. The average Bonchev–Trinajstić information content (AvgIpc) is 3.14. The Labute approximate surface area is 161 Å². The second-order valence-electron chi connectivity index (χ2n) is 6.91. The Balaban J connectivity index is 1.50. The standard InChI is InChI=1S/C22H20N2O4/c1-14(15-8-10-16(11-9-15)24-12-4-7-21(24)26)23-22(27)20-13-18(25)17-5-2-3-6-19(17)28-20/h2-3,5-6,8-11,13-14H,4,7,12H2,1H3,(H,23,27)/t14-/m0/s1. The van der Waals surface area contributed by atoms with Crippen molar-refractivity contribution in [2.75, 3.05) is 11.4 Å². The Hall–Kier alpha value is -3.41. The minimum atomic E-state index is -0.450. The van der Waals surface area contributed by atoms with Gasteiger partial charge in [0.15, 0.2) is 11.2 Å². The van der Waals surface area contributed by atoms with E-state index in [1.807, 2.05) is 31.2 Å². The number of nitrogens with zero attached hydrogens (tertiary/aromatic N) is 1. The Kier molecular flexibility index (Phi) is 4.69. The SMILES string of the molecule is C[C@H](NC(=O)c1cc(=O)c2ccccc2o1)c1ccc(N2CCCC2=O)cc1. The molecule has 0 aliphatic carbocycles. The molecule has 2 aromatic carbocycles. The van der Waals surface area contributed by atoms with Gasteiger partial charge in [-0.05, 0) is 43.2 Å². The van der Waals surface area contributed by atoms with Gasteiger partial charge in [-0.3, -0.25) is 14.4 Å². The first-order valence-corrected chi connectivity index (χ1v) is 9.27. The molecule has 2 amide bonds. The number of rotatable bonds is 4. The van der Waals surface area contributed by atoms with Crippen molar-refractivity contribution in [2.45, 2.75) is 25.8 Å². The molecule has 1 aliphatic heterocycles. The van der Waals surface area contributed by atoms with Crippen LogP contribution in [-0.2, 0) is 4.79 Å². The Morgan fingerprint density at radius 3 is 2.57 bits per heavy atom. The van der Waals surface area contributed by atoms with Gasteiger partial charge in [-0.15, -0.1) is 0 Å². The van der Waals surface area contributed by atoms with Gasteiger partial charge in [0.1, 0.15) is 5.58 Å². The highest BCUT2D eigenvalue weighted by Crippen LogP contribution is 2.23. The van der Waals surface area contributed by atoms with Crippen LogP contribution < -0.4 is 15.6 Å². The third-order valence-electron chi connectivity index (χ3n) is 4.98. The lowest BCUT2D eigenvalue weighted by Gasteiger charge is -2.18. The van der Waals surface area contributed by atoms with Crippen LogP contribution in [0.1, 0.15) is 41.9 Å². The number of benzene rings is 2. The third-order valence-corrected chi connectivity index (χ3v) is 4.98. The summed E-state index contributed by atoms with van der Waals surface area (Å²) in [6.45, 7) is 2.60. The quantitative estimate of drug-likeness (QED) is 0.757. The number of nitrogens with one attached hydrogen (secondary N) is 1. The number of fused-ring (bicyclic) bond motifs is 1. The van der Waals surface area contributed by atoms with Crippen LogP contribution in [-0.4, -0.2) is 18.4 Å². The molecule has 1 N–H and O–H groups in total. The van der Waals surface area contributed by atoms with Crippen LogP contribution in [0.15, 0.2) is 63.8 Å². The number of amides is 2. The number of carbonyl (C=O) groups is 2. The normalized spacial score (nSPS) is 15.0. The van der Waals surface area contributed by atoms with Crippen molar-refractivity contribution in [3.05, 3.63) is 76.1 Å². The van der Waals surface area contributed by atoms with Crippen LogP contribution in [0.3, 0.4) is 0 Å². The minimum absolute atomic E-state index is 0.0187. The molecule has 142 valence electrons. The third kappa shape index (κ3) is 3.41. The first-order valence-electron chi connectivity index (χ1n) is 9.27. The van der Waals surface area contributed by atoms with E-state index in [4.69, 9.17) is 4.42 Å². The van der Waals surface area contributed by atoms with Gasteiger partial charge in [0.05, 0.1) is 11.4 Å². The molecule has 28 heavy (non-hydrogen) atoms. The maximum absolute atomic E-state index is 12.5. The zero-order valence-corrected chi connectivity index (χ0v) is 15.5. The molecule has 4 rings (SSSR count). The van der Waals surface area contributed by atoms with Gasteiger partial charge in [0, 0.05) is 24.7 Å². The predicted octanol–water partition coefficient (Wildman–Crippen LogP) is 3.41. The summed E-state index contributed by atoms with van der Waals surface area (Å²) >= 11 is 0. The van der Waals surface area contributed by atoms with E-state index in [9.17, 15) is 14.4 Å². The van der Waals surface area contributed by atoms with Crippen molar-refractivity contribution in [2.24, 2.45) is 0 Å². The van der Waals surface area contributed by atoms with Gasteiger partial charge in [-0.25, -0.2) is 0 Å². The van der Waals surface area contributed by atoms with Crippen molar-refractivity contribution >= 4 is 28.5 Å². The van der Waals surface area contributed by atoms with Crippen molar-refractivity contribution in [1.82, 2.24) is 5.32 Å². The Morgan fingerprint density at radius 1 is 1.11 bits per heavy atom.